The summed E-state index contributed by atoms with van der Waals surface area (Å²) in [5.74, 6) is 0. The fourth-order valence-electron chi connectivity index (χ4n) is 3.39. The molecule has 0 aliphatic heterocycles. The number of aromatic nitrogens is 3. The topological polar surface area (TPSA) is 52.2 Å². The number of benzene rings is 2. The van der Waals surface area contributed by atoms with Gasteiger partial charge in [0, 0.05) is 34.2 Å². The van der Waals surface area contributed by atoms with Gasteiger partial charge in [0.05, 0.1) is 29.2 Å². The molecular formula is C25H21Cl3N3NaO2S2. The molecule has 36 heavy (non-hydrogen) atoms. The van der Waals surface area contributed by atoms with Crippen LogP contribution in [0.2, 0.25) is 15.1 Å². The van der Waals surface area contributed by atoms with Gasteiger partial charge in [-0.05, 0) is 46.7 Å². The Balaban J connectivity index is 0.000000415. The molecule has 0 radical (unpaired) electrons. The summed E-state index contributed by atoms with van der Waals surface area (Å²) in [4.78, 5) is 4.11. The molecule has 1 N–H and O–H groups in total. The zero-order valence-corrected chi connectivity index (χ0v) is 25.1. The number of nitrogens with zero attached hydrogens (tertiary/aromatic N) is 3. The molecule has 3 aromatic heterocycles. The van der Waals surface area contributed by atoms with Crippen molar-refractivity contribution in [3.63, 3.8) is 0 Å². The summed E-state index contributed by atoms with van der Waals surface area (Å²) in [6, 6.07) is 16.5. The van der Waals surface area contributed by atoms with E-state index < -0.39 is 0 Å². The normalized spacial score (nSPS) is 11.4. The van der Waals surface area contributed by atoms with Crippen LogP contribution in [0.5, 0.6) is 0 Å². The Kier molecular flexibility index (Phi) is 11.3. The third kappa shape index (κ3) is 7.57. The fourth-order valence-corrected chi connectivity index (χ4v) is 5.33. The van der Waals surface area contributed by atoms with Crippen LogP contribution < -0.4 is 29.6 Å². The molecule has 0 amide bonds. The molecule has 0 bridgehead atoms. The smallest absolute Gasteiger partial charge is 1.00 e. The second-order valence-electron chi connectivity index (χ2n) is 7.49. The predicted octanol–water partition coefficient (Wildman–Crippen LogP) is 5.59. The van der Waals surface area contributed by atoms with Gasteiger partial charge >= 0.3 is 29.6 Å². The van der Waals surface area contributed by atoms with Crippen LogP contribution in [0.1, 0.15) is 18.7 Å². The van der Waals surface area contributed by atoms with E-state index >= 15 is 0 Å². The summed E-state index contributed by atoms with van der Waals surface area (Å²) in [6.07, 6.45) is 6.66. The van der Waals surface area contributed by atoms with Crippen LogP contribution in [0.25, 0.3) is 10.1 Å². The third-order valence-electron chi connectivity index (χ3n) is 5.12. The van der Waals surface area contributed by atoms with Crippen LogP contribution in [0.4, 0.5) is 0 Å². The molecular weight excluding hydrogens is 568 g/mol. The maximum atomic E-state index is 8.73. The number of hydrogen-bond acceptors (Lipinski definition) is 5. The van der Waals surface area contributed by atoms with Gasteiger partial charge in [0.1, 0.15) is 10.7 Å². The molecule has 0 fully saturated rings. The largest absolute Gasteiger partial charge is 1.00 e. The average Bonchev–Trinajstić information content (AvgIpc) is 3.50. The minimum absolute atomic E-state index is 0. The molecule has 1 atom stereocenters. The standard InChI is InChI=1S/C20H15Cl3N2OS.C5H5NOS.Na.H/c21-14-4-5-16(18(23)8-14)19(9-25-7-6-24-12-25)26-10-13-11-27-20-15(13)2-1-3-17(20)22;7-6-4-2-1-3-5(6)8;;/h1-8,11-12,19H,9-10H2;1-4,7H;;/q;;+1;-1. The van der Waals surface area contributed by atoms with Crippen LogP contribution in [0.3, 0.4) is 0 Å². The summed E-state index contributed by atoms with van der Waals surface area (Å²) in [7, 11) is 0. The molecule has 11 heteroatoms. The van der Waals surface area contributed by atoms with E-state index in [2.05, 4.69) is 28.6 Å². The third-order valence-corrected chi connectivity index (χ3v) is 7.51. The molecule has 182 valence electrons. The molecule has 5 nitrogen and oxygen atoms in total. The maximum Gasteiger partial charge on any atom is 1.00 e. The number of rotatable bonds is 6. The molecule has 0 aliphatic carbocycles. The van der Waals surface area contributed by atoms with E-state index in [1.54, 1.807) is 48.1 Å². The van der Waals surface area contributed by atoms with E-state index in [0.29, 0.717) is 27.8 Å². The van der Waals surface area contributed by atoms with Gasteiger partial charge in [0.2, 0.25) is 0 Å². The van der Waals surface area contributed by atoms with Gasteiger partial charge in [-0.3, -0.25) is 0 Å². The van der Waals surface area contributed by atoms with Crippen molar-refractivity contribution < 1.29 is 40.9 Å². The summed E-state index contributed by atoms with van der Waals surface area (Å²) in [6.45, 7) is 1.06. The number of fused-ring (bicyclic) bond motifs is 1. The van der Waals surface area contributed by atoms with Crippen LogP contribution in [0.15, 0.2) is 84.9 Å². The van der Waals surface area contributed by atoms with Crippen LogP contribution in [-0.4, -0.2) is 19.5 Å². The van der Waals surface area contributed by atoms with Gasteiger partial charge in [-0.15, -0.1) is 11.3 Å². The first-order valence-electron chi connectivity index (χ1n) is 10.5. The quantitative estimate of drug-likeness (QED) is 0.160. The summed E-state index contributed by atoms with van der Waals surface area (Å²) in [5.41, 5.74) is 2.01. The number of hydrogen-bond donors (Lipinski definition) is 1. The maximum absolute atomic E-state index is 8.73. The average molecular weight is 589 g/mol. The van der Waals surface area contributed by atoms with E-state index in [4.69, 9.17) is 44.7 Å². The van der Waals surface area contributed by atoms with Crippen molar-refractivity contribution >= 4 is 68.4 Å². The number of imidazole rings is 1. The second kappa shape index (κ2) is 14.0. The van der Waals surface area contributed by atoms with Gasteiger partial charge in [0.15, 0.2) is 0 Å². The van der Waals surface area contributed by atoms with Gasteiger partial charge in [-0.25, -0.2) is 4.98 Å². The number of thiophene rings is 1. The van der Waals surface area contributed by atoms with Crippen molar-refractivity contribution in [2.75, 3.05) is 0 Å². The molecule has 5 rings (SSSR count). The first kappa shape index (κ1) is 29.2. The molecule has 0 spiro atoms. The Morgan fingerprint density at radius 1 is 1.06 bits per heavy atom. The van der Waals surface area contributed by atoms with Crippen molar-refractivity contribution in [3.05, 3.63) is 116 Å². The zero-order chi connectivity index (χ0) is 24.8. The van der Waals surface area contributed by atoms with E-state index in [0.717, 1.165) is 31.0 Å². The zero-order valence-electron chi connectivity index (χ0n) is 20.2. The molecule has 0 saturated heterocycles. The Labute approximate surface area is 256 Å². The minimum Gasteiger partial charge on any atom is -1.00 e. The van der Waals surface area contributed by atoms with Crippen LogP contribution in [-0.2, 0) is 17.9 Å². The monoisotopic (exact) mass is 587 g/mol. The van der Waals surface area contributed by atoms with Crippen LogP contribution >= 0.6 is 58.4 Å². The van der Waals surface area contributed by atoms with E-state index in [-0.39, 0.29) is 37.1 Å². The fraction of sp³-hybridized carbons (Fsp3) is 0.120. The first-order valence-corrected chi connectivity index (χ1v) is 12.9. The first-order chi connectivity index (χ1) is 16.9. The van der Waals surface area contributed by atoms with Gasteiger partial charge in [-0.2, -0.15) is 4.73 Å². The van der Waals surface area contributed by atoms with Crippen LogP contribution in [0, 0.1) is 4.64 Å². The van der Waals surface area contributed by atoms with Gasteiger partial charge < -0.3 is 15.9 Å². The predicted molar refractivity (Wildman–Crippen MR) is 147 cm³/mol. The molecule has 2 aromatic carbocycles. The second-order valence-corrected chi connectivity index (χ2v) is 10.0. The minimum atomic E-state index is -0.238. The van der Waals surface area contributed by atoms with E-state index in [1.165, 1.54) is 6.20 Å². The van der Waals surface area contributed by atoms with Gasteiger partial charge in [0.25, 0.3) is 0 Å². The van der Waals surface area contributed by atoms with Crippen molar-refractivity contribution in [1.82, 2.24) is 14.3 Å². The van der Waals surface area contributed by atoms with E-state index in [9.17, 15) is 0 Å². The van der Waals surface area contributed by atoms with E-state index in [1.807, 2.05) is 35.0 Å². The summed E-state index contributed by atoms with van der Waals surface area (Å²) >= 11 is 25.1. The Morgan fingerprint density at radius 2 is 1.89 bits per heavy atom. The number of ether oxygens (including phenoxy) is 1. The summed E-state index contributed by atoms with van der Waals surface area (Å²) in [5, 5.41) is 13.9. The number of halogens is 3. The molecule has 1 unspecified atom stereocenters. The SMILES string of the molecule is Clc1ccc(C(Cn2ccnc2)OCc2csc3c(Cl)cccc23)c(Cl)c1.On1ccccc1=S.[H-].[Na+]. The van der Waals surface area contributed by atoms with Crippen molar-refractivity contribution in [2.45, 2.75) is 19.3 Å². The Morgan fingerprint density at radius 3 is 2.56 bits per heavy atom. The molecule has 0 aliphatic rings. The summed E-state index contributed by atoms with van der Waals surface area (Å²) < 4.78 is 10.7. The Bertz CT molecular complexity index is 1480. The van der Waals surface area contributed by atoms with Crippen molar-refractivity contribution in [2.24, 2.45) is 0 Å². The molecule has 3 heterocycles. The number of pyridine rings is 1. The van der Waals surface area contributed by atoms with Crippen molar-refractivity contribution in [3.8, 4) is 0 Å². The Hall–Kier alpha value is -1.39. The van der Waals surface area contributed by atoms with Gasteiger partial charge in [-0.1, -0.05) is 71.3 Å². The van der Waals surface area contributed by atoms with Crippen molar-refractivity contribution in [1.29, 1.82) is 0 Å². The molecule has 0 saturated carbocycles. The molecule has 5 aromatic rings.